The number of nitrogens with two attached hydrogens (primary N) is 1. The Hall–Kier alpha value is -1.14. The number of alkyl halides is 2. The number of thioether (sulfide) groups is 1. The zero-order valence-electron chi connectivity index (χ0n) is 11.0. The van der Waals surface area contributed by atoms with Gasteiger partial charge in [0.25, 0.3) is 5.76 Å². The number of carbonyl (C=O) groups is 1. The lowest BCUT2D eigenvalue weighted by atomic mass is 9.95. The fourth-order valence-electron chi connectivity index (χ4n) is 2.66. The third-order valence-electron chi connectivity index (χ3n) is 3.66. The summed E-state index contributed by atoms with van der Waals surface area (Å²) in [6.07, 6.45) is 2.77. The molecule has 6 heteroatoms. The summed E-state index contributed by atoms with van der Waals surface area (Å²) in [5.74, 6) is -2.52. The summed E-state index contributed by atoms with van der Waals surface area (Å²) in [7, 11) is 0. The number of halogens is 2. The van der Waals surface area contributed by atoms with E-state index in [1.54, 1.807) is 24.3 Å². The number of nitrogens with one attached hydrogen (secondary N) is 1. The van der Waals surface area contributed by atoms with Crippen LogP contribution in [0, 0.1) is 11.8 Å². The van der Waals surface area contributed by atoms with Gasteiger partial charge in [-0.3, -0.25) is 4.79 Å². The summed E-state index contributed by atoms with van der Waals surface area (Å²) in [4.78, 5) is 12.6. The van der Waals surface area contributed by atoms with Gasteiger partial charge in [-0.25, -0.2) is 0 Å². The van der Waals surface area contributed by atoms with E-state index in [9.17, 15) is 13.6 Å². The fourth-order valence-corrected chi connectivity index (χ4v) is 3.25. The van der Waals surface area contributed by atoms with Crippen LogP contribution in [0.15, 0.2) is 29.2 Å². The van der Waals surface area contributed by atoms with Gasteiger partial charge >= 0.3 is 0 Å². The van der Waals surface area contributed by atoms with E-state index in [0.717, 1.165) is 19.3 Å². The van der Waals surface area contributed by atoms with Crippen LogP contribution in [0.4, 0.5) is 14.5 Å². The van der Waals surface area contributed by atoms with Crippen LogP contribution in [0.3, 0.4) is 0 Å². The Morgan fingerprint density at radius 3 is 2.85 bits per heavy atom. The van der Waals surface area contributed by atoms with Crippen LogP contribution in [0.25, 0.3) is 0 Å². The minimum atomic E-state index is -2.50. The monoisotopic (exact) mass is 300 g/mol. The van der Waals surface area contributed by atoms with Gasteiger partial charge in [-0.2, -0.15) is 8.78 Å². The summed E-state index contributed by atoms with van der Waals surface area (Å²) in [5, 5.41) is 2.77. The molecule has 3 N–H and O–H groups in total. The predicted molar refractivity (Wildman–Crippen MR) is 76.8 cm³/mol. The molecule has 0 saturated heterocycles. The topological polar surface area (TPSA) is 55.1 Å². The Balaban J connectivity index is 2.07. The Labute approximate surface area is 121 Å². The lowest BCUT2D eigenvalue weighted by Gasteiger charge is -2.18. The van der Waals surface area contributed by atoms with E-state index < -0.39 is 5.76 Å². The number of para-hydroxylation sites is 1. The Morgan fingerprint density at radius 2 is 2.15 bits per heavy atom. The van der Waals surface area contributed by atoms with Gasteiger partial charge in [-0.1, -0.05) is 30.3 Å². The van der Waals surface area contributed by atoms with Gasteiger partial charge in [-0.15, -0.1) is 0 Å². The first-order valence-corrected chi connectivity index (χ1v) is 7.54. The van der Waals surface area contributed by atoms with E-state index in [1.165, 1.54) is 0 Å². The zero-order valence-corrected chi connectivity index (χ0v) is 11.8. The van der Waals surface area contributed by atoms with Gasteiger partial charge in [0.1, 0.15) is 0 Å². The molecule has 2 rings (SSSR count). The predicted octanol–water partition coefficient (Wildman–Crippen LogP) is 3.31. The smallest absolute Gasteiger partial charge is 0.288 e. The van der Waals surface area contributed by atoms with E-state index >= 15 is 0 Å². The van der Waals surface area contributed by atoms with Crippen LogP contribution in [0.2, 0.25) is 0 Å². The van der Waals surface area contributed by atoms with E-state index in [0.29, 0.717) is 28.9 Å². The summed E-state index contributed by atoms with van der Waals surface area (Å²) < 4.78 is 25.0. The molecule has 1 aliphatic carbocycles. The van der Waals surface area contributed by atoms with Crippen molar-refractivity contribution in [2.24, 2.45) is 17.6 Å². The van der Waals surface area contributed by atoms with Crippen molar-refractivity contribution in [1.82, 2.24) is 0 Å². The quantitative estimate of drug-likeness (QED) is 0.820. The highest BCUT2D eigenvalue weighted by atomic mass is 32.2. The van der Waals surface area contributed by atoms with E-state index in [-0.39, 0.29) is 17.7 Å². The lowest BCUT2D eigenvalue weighted by molar-refractivity contribution is -0.120. The van der Waals surface area contributed by atoms with Crippen molar-refractivity contribution in [2.75, 3.05) is 11.9 Å². The number of benzene rings is 1. The van der Waals surface area contributed by atoms with Crippen LogP contribution >= 0.6 is 11.8 Å². The zero-order chi connectivity index (χ0) is 14.5. The normalized spacial score (nSPS) is 22.2. The molecule has 1 amide bonds. The second kappa shape index (κ2) is 7.04. The molecular formula is C14H18F2N2OS. The van der Waals surface area contributed by atoms with Gasteiger partial charge in [0.05, 0.1) is 5.69 Å². The van der Waals surface area contributed by atoms with Crippen molar-refractivity contribution >= 4 is 23.4 Å². The largest absolute Gasteiger partial charge is 0.330 e. The highest BCUT2D eigenvalue weighted by molar-refractivity contribution is 7.99. The van der Waals surface area contributed by atoms with Crippen LogP contribution < -0.4 is 11.1 Å². The average molecular weight is 300 g/mol. The molecule has 1 aromatic carbocycles. The van der Waals surface area contributed by atoms with E-state index in [2.05, 4.69) is 5.32 Å². The van der Waals surface area contributed by atoms with Crippen LogP contribution in [-0.2, 0) is 4.79 Å². The molecule has 20 heavy (non-hydrogen) atoms. The molecule has 110 valence electrons. The summed E-state index contributed by atoms with van der Waals surface area (Å²) in [6, 6.07) is 6.63. The maximum Gasteiger partial charge on any atom is 0.288 e. The Bertz CT molecular complexity index is 470. The van der Waals surface area contributed by atoms with E-state index in [4.69, 9.17) is 5.73 Å². The molecule has 0 radical (unpaired) electrons. The first-order valence-electron chi connectivity index (χ1n) is 6.66. The summed E-state index contributed by atoms with van der Waals surface area (Å²) in [6.45, 7) is 0.492. The van der Waals surface area contributed by atoms with Crippen LogP contribution in [0.1, 0.15) is 19.3 Å². The molecule has 0 bridgehead atoms. The Morgan fingerprint density at radius 1 is 1.40 bits per heavy atom. The van der Waals surface area contributed by atoms with Crippen molar-refractivity contribution in [2.45, 2.75) is 29.9 Å². The minimum absolute atomic E-state index is 0.107. The van der Waals surface area contributed by atoms with Gasteiger partial charge in [0.2, 0.25) is 5.91 Å². The minimum Gasteiger partial charge on any atom is -0.330 e. The van der Waals surface area contributed by atoms with Crippen LogP contribution in [-0.4, -0.2) is 18.2 Å². The number of hydrogen-bond acceptors (Lipinski definition) is 3. The third-order valence-corrected chi connectivity index (χ3v) is 4.45. The first-order chi connectivity index (χ1) is 9.61. The molecule has 0 spiro atoms. The molecule has 0 aliphatic heterocycles. The fraction of sp³-hybridized carbons (Fsp3) is 0.500. The van der Waals surface area contributed by atoms with Crippen molar-refractivity contribution in [3.63, 3.8) is 0 Å². The number of rotatable bonds is 5. The highest BCUT2D eigenvalue weighted by Gasteiger charge is 2.32. The number of hydrogen-bond donors (Lipinski definition) is 2. The molecule has 1 aliphatic rings. The van der Waals surface area contributed by atoms with Crippen molar-refractivity contribution in [1.29, 1.82) is 0 Å². The average Bonchev–Trinajstić information content (AvgIpc) is 2.88. The van der Waals surface area contributed by atoms with E-state index in [1.807, 2.05) is 0 Å². The molecular weight excluding hydrogens is 282 g/mol. The van der Waals surface area contributed by atoms with Crippen molar-refractivity contribution in [3.05, 3.63) is 24.3 Å². The van der Waals surface area contributed by atoms with Crippen LogP contribution in [0.5, 0.6) is 0 Å². The molecule has 0 aromatic heterocycles. The van der Waals surface area contributed by atoms with Gasteiger partial charge in [0.15, 0.2) is 0 Å². The summed E-state index contributed by atoms with van der Waals surface area (Å²) in [5.41, 5.74) is 6.12. The Kier molecular flexibility index (Phi) is 5.37. The molecule has 1 saturated carbocycles. The molecule has 1 aromatic rings. The third kappa shape index (κ3) is 3.70. The molecule has 2 unspecified atom stereocenters. The summed E-state index contributed by atoms with van der Waals surface area (Å²) >= 11 is 0.443. The standard InChI is InChI=1S/C14H18F2N2OS/c15-14(16)20-12-7-2-1-6-11(12)18-13(19)10-5-3-4-9(10)8-17/h1-2,6-7,9-10,14H,3-5,8,17H2,(H,18,19). The number of anilines is 1. The second-order valence-electron chi connectivity index (χ2n) is 4.90. The maximum absolute atomic E-state index is 12.5. The molecule has 2 atom stereocenters. The van der Waals surface area contributed by atoms with Gasteiger partial charge in [0, 0.05) is 10.8 Å². The highest BCUT2D eigenvalue weighted by Crippen LogP contribution is 2.35. The van der Waals surface area contributed by atoms with Gasteiger partial charge in [-0.05, 0) is 37.4 Å². The molecule has 3 nitrogen and oxygen atoms in total. The van der Waals surface area contributed by atoms with Gasteiger partial charge < -0.3 is 11.1 Å². The van der Waals surface area contributed by atoms with Crippen molar-refractivity contribution in [3.8, 4) is 0 Å². The number of carbonyl (C=O) groups excluding carboxylic acids is 1. The lowest BCUT2D eigenvalue weighted by Crippen LogP contribution is -2.29. The number of amides is 1. The molecule has 1 fully saturated rings. The SMILES string of the molecule is NCC1CCCC1C(=O)Nc1ccccc1SC(F)F. The maximum atomic E-state index is 12.5. The van der Waals surface area contributed by atoms with Crippen molar-refractivity contribution < 1.29 is 13.6 Å². The molecule has 0 heterocycles. The second-order valence-corrected chi connectivity index (χ2v) is 5.93. The first kappa shape index (κ1) is 15.3.